The molecular formula is C43H31N. The fraction of sp³-hybridized carbons (Fsp3) is 0.0698. The first-order chi connectivity index (χ1) is 21.6. The van der Waals surface area contributed by atoms with Gasteiger partial charge in [0.2, 0.25) is 0 Å². The van der Waals surface area contributed by atoms with Crippen LogP contribution in [-0.4, -0.2) is 4.57 Å². The van der Waals surface area contributed by atoms with Crippen molar-refractivity contribution < 1.29 is 0 Å². The summed E-state index contributed by atoms with van der Waals surface area (Å²) in [6.45, 7) is 4.76. The molecule has 0 aliphatic heterocycles. The van der Waals surface area contributed by atoms with Gasteiger partial charge < -0.3 is 4.57 Å². The van der Waals surface area contributed by atoms with E-state index in [1.165, 1.54) is 82.8 Å². The quantitative estimate of drug-likeness (QED) is 0.202. The average Bonchev–Trinajstić information content (AvgIpc) is 3.52. The van der Waals surface area contributed by atoms with Crippen molar-refractivity contribution in [2.45, 2.75) is 19.3 Å². The highest BCUT2D eigenvalue weighted by Gasteiger charge is 2.36. The number of benzene rings is 7. The van der Waals surface area contributed by atoms with E-state index in [1.807, 2.05) is 0 Å². The maximum Gasteiger partial charge on any atom is 0.0547 e. The van der Waals surface area contributed by atoms with Gasteiger partial charge in [0.05, 0.1) is 11.0 Å². The first kappa shape index (κ1) is 25.1. The Kier molecular flexibility index (Phi) is 5.31. The molecule has 0 radical (unpaired) electrons. The third-order valence-electron chi connectivity index (χ3n) is 9.72. The first-order valence-electron chi connectivity index (χ1n) is 15.4. The molecule has 208 valence electrons. The van der Waals surface area contributed by atoms with Crippen LogP contribution in [0.4, 0.5) is 0 Å². The summed E-state index contributed by atoms with van der Waals surface area (Å²) in [6.07, 6.45) is 0. The minimum absolute atomic E-state index is 0.0634. The normalized spacial score (nSPS) is 13.4. The third kappa shape index (κ3) is 3.59. The minimum Gasteiger partial charge on any atom is -0.309 e. The molecule has 0 unspecified atom stereocenters. The number of rotatable bonds is 3. The second-order valence-electron chi connectivity index (χ2n) is 12.6. The van der Waals surface area contributed by atoms with Crippen molar-refractivity contribution in [1.82, 2.24) is 4.57 Å². The lowest BCUT2D eigenvalue weighted by molar-refractivity contribution is 0.666. The maximum absolute atomic E-state index is 2.47. The number of aromatic nitrogens is 1. The Morgan fingerprint density at radius 3 is 1.80 bits per heavy atom. The van der Waals surface area contributed by atoms with Crippen molar-refractivity contribution in [1.29, 1.82) is 0 Å². The summed E-state index contributed by atoms with van der Waals surface area (Å²) < 4.78 is 2.47. The predicted molar refractivity (Wildman–Crippen MR) is 187 cm³/mol. The van der Waals surface area contributed by atoms with Gasteiger partial charge in [-0.3, -0.25) is 0 Å². The molecule has 1 aromatic heterocycles. The van der Waals surface area contributed by atoms with Gasteiger partial charge in [0.25, 0.3) is 0 Å². The highest BCUT2D eigenvalue weighted by atomic mass is 15.0. The van der Waals surface area contributed by atoms with Crippen LogP contribution >= 0.6 is 0 Å². The number of hydrogen-bond acceptors (Lipinski definition) is 0. The summed E-state index contributed by atoms with van der Waals surface area (Å²) in [4.78, 5) is 0. The van der Waals surface area contributed by atoms with Gasteiger partial charge in [-0.05, 0) is 91.7 Å². The van der Waals surface area contributed by atoms with E-state index in [1.54, 1.807) is 0 Å². The van der Waals surface area contributed by atoms with Gasteiger partial charge >= 0.3 is 0 Å². The molecular weight excluding hydrogens is 530 g/mol. The second-order valence-corrected chi connectivity index (χ2v) is 12.6. The monoisotopic (exact) mass is 561 g/mol. The van der Waals surface area contributed by atoms with Crippen molar-refractivity contribution in [2.24, 2.45) is 0 Å². The lowest BCUT2D eigenvalue weighted by atomic mass is 9.80. The Morgan fingerprint density at radius 2 is 1.07 bits per heavy atom. The molecule has 0 bridgehead atoms. The molecule has 0 saturated heterocycles. The highest BCUT2D eigenvalue weighted by molar-refractivity contribution is 6.15. The van der Waals surface area contributed by atoms with Crippen molar-refractivity contribution in [2.75, 3.05) is 0 Å². The third-order valence-corrected chi connectivity index (χ3v) is 9.72. The van der Waals surface area contributed by atoms with Crippen LogP contribution < -0.4 is 0 Å². The van der Waals surface area contributed by atoms with Crippen LogP contribution in [-0.2, 0) is 5.41 Å². The summed E-state index contributed by atoms with van der Waals surface area (Å²) >= 11 is 0. The van der Waals surface area contributed by atoms with E-state index in [4.69, 9.17) is 0 Å². The van der Waals surface area contributed by atoms with E-state index in [-0.39, 0.29) is 5.41 Å². The zero-order chi connectivity index (χ0) is 29.4. The van der Waals surface area contributed by atoms with Gasteiger partial charge in [0.1, 0.15) is 0 Å². The second kappa shape index (κ2) is 9.30. The van der Waals surface area contributed by atoms with Crippen LogP contribution in [0, 0.1) is 0 Å². The summed E-state index contributed by atoms with van der Waals surface area (Å²) in [7, 11) is 0. The summed E-state index contributed by atoms with van der Waals surface area (Å²) in [5.41, 5.74) is 14.0. The van der Waals surface area contributed by atoms with Crippen molar-refractivity contribution >= 4 is 32.6 Å². The van der Waals surface area contributed by atoms with Crippen molar-refractivity contribution in [3.8, 4) is 39.1 Å². The van der Waals surface area contributed by atoms with Crippen LogP contribution in [0.3, 0.4) is 0 Å². The molecule has 0 atom stereocenters. The molecule has 0 spiro atoms. The van der Waals surface area contributed by atoms with Gasteiger partial charge in [-0.25, -0.2) is 0 Å². The Labute approximate surface area is 257 Å². The standard InChI is InChI=1S/C43H31N/c1-43(2)39-19-11-9-17-34(39)36-22-21-30-26-41-38(27-37(30)42(36)43)35-18-10-12-20-40(35)44(41)33-24-31(28-13-5-3-6-14-28)23-32(25-33)29-15-7-4-8-16-29/h3-27H,1-2H3. The van der Waals surface area contributed by atoms with Gasteiger partial charge in [-0.1, -0.05) is 129 Å². The molecule has 1 heterocycles. The summed E-state index contributed by atoms with van der Waals surface area (Å²) in [5, 5.41) is 5.20. The Hall–Kier alpha value is -5.40. The molecule has 0 fully saturated rings. The molecule has 8 aromatic rings. The van der Waals surface area contributed by atoms with Crippen molar-refractivity contribution in [3.63, 3.8) is 0 Å². The van der Waals surface area contributed by atoms with Crippen LogP contribution in [0.25, 0.3) is 71.6 Å². The molecule has 0 saturated carbocycles. The number of hydrogen-bond donors (Lipinski definition) is 0. The van der Waals surface area contributed by atoms with Crippen molar-refractivity contribution in [3.05, 3.63) is 163 Å². The molecule has 1 aliphatic rings. The zero-order valence-corrected chi connectivity index (χ0v) is 24.9. The van der Waals surface area contributed by atoms with E-state index in [2.05, 4.69) is 170 Å². The first-order valence-corrected chi connectivity index (χ1v) is 15.4. The van der Waals surface area contributed by atoms with E-state index in [0.717, 1.165) is 0 Å². The Bertz CT molecular complexity index is 2330. The lowest BCUT2D eigenvalue weighted by Gasteiger charge is -2.23. The average molecular weight is 562 g/mol. The molecule has 9 rings (SSSR count). The predicted octanol–water partition coefficient (Wildman–Crippen LogP) is 11.6. The van der Waals surface area contributed by atoms with Crippen LogP contribution in [0.15, 0.2) is 152 Å². The van der Waals surface area contributed by atoms with Gasteiger partial charge in [0.15, 0.2) is 0 Å². The van der Waals surface area contributed by atoms with Crippen LogP contribution in [0.5, 0.6) is 0 Å². The highest BCUT2D eigenvalue weighted by Crippen LogP contribution is 2.52. The molecule has 0 amide bonds. The SMILES string of the molecule is CC1(C)c2ccccc2-c2ccc3cc4c(cc3c21)c1ccccc1n4-c1cc(-c2ccccc2)cc(-c2ccccc2)c1. The summed E-state index contributed by atoms with van der Waals surface area (Å²) in [5.74, 6) is 0. The fourth-order valence-electron chi connectivity index (χ4n) is 7.70. The topological polar surface area (TPSA) is 4.93 Å². The molecule has 0 N–H and O–H groups in total. The number of nitrogens with zero attached hydrogens (tertiary/aromatic N) is 1. The Morgan fingerprint density at radius 1 is 0.432 bits per heavy atom. The van der Waals surface area contributed by atoms with E-state index >= 15 is 0 Å². The fourth-order valence-corrected chi connectivity index (χ4v) is 7.70. The van der Waals surface area contributed by atoms with E-state index in [9.17, 15) is 0 Å². The molecule has 44 heavy (non-hydrogen) atoms. The smallest absolute Gasteiger partial charge is 0.0547 e. The van der Waals surface area contributed by atoms with Crippen LogP contribution in [0.1, 0.15) is 25.0 Å². The van der Waals surface area contributed by atoms with E-state index in [0.29, 0.717) is 0 Å². The van der Waals surface area contributed by atoms with Gasteiger partial charge in [-0.15, -0.1) is 0 Å². The molecule has 1 nitrogen and oxygen atoms in total. The molecule has 1 heteroatoms. The summed E-state index contributed by atoms with van der Waals surface area (Å²) in [6, 6.07) is 55.8. The minimum atomic E-state index is -0.0634. The van der Waals surface area contributed by atoms with Gasteiger partial charge in [0, 0.05) is 21.9 Å². The molecule has 7 aromatic carbocycles. The van der Waals surface area contributed by atoms with E-state index < -0.39 is 0 Å². The zero-order valence-electron chi connectivity index (χ0n) is 24.9. The largest absolute Gasteiger partial charge is 0.309 e. The number of fused-ring (bicyclic) bond motifs is 8. The lowest BCUT2D eigenvalue weighted by Crippen LogP contribution is -2.15. The van der Waals surface area contributed by atoms with Gasteiger partial charge in [-0.2, -0.15) is 0 Å². The van der Waals surface area contributed by atoms with Crippen LogP contribution in [0.2, 0.25) is 0 Å². The number of para-hydroxylation sites is 1. The molecule has 1 aliphatic carbocycles. The maximum atomic E-state index is 2.47. The Balaban J connectivity index is 1.36.